The van der Waals surface area contributed by atoms with Crippen LogP contribution in [0.3, 0.4) is 0 Å². The standard InChI is InChI=1S/C13H11F3N6O4/c14-13(15,16)7-3-9(21(23)24)12(10(4-7)22(25)26)19-8-1-2-11-17-6-18-20(11)5-8/h3-4,6,8,19H,1-2,5H2. The van der Waals surface area contributed by atoms with E-state index in [9.17, 15) is 33.4 Å². The van der Waals surface area contributed by atoms with Gasteiger partial charge in [-0.15, -0.1) is 0 Å². The summed E-state index contributed by atoms with van der Waals surface area (Å²) in [6.07, 6.45) is -2.71. The van der Waals surface area contributed by atoms with E-state index in [0.29, 0.717) is 30.8 Å². The topological polar surface area (TPSA) is 129 Å². The molecule has 1 unspecified atom stereocenters. The van der Waals surface area contributed by atoms with Gasteiger partial charge >= 0.3 is 6.18 Å². The summed E-state index contributed by atoms with van der Waals surface area (Å²) in [6, 6.07) is 0.0938. The number of hydrogen-bond acceptors (Lipinski definition) is 7. The summed E-state index contributed by atoms with van der Waals surface area (Å²) in [4.78, 5) is 24.3. The molecule has 2 aromatic rings. The first-order chi connectivity index (χ1) is 12.2. The van der Waals surface area contributed by atoms with Gasteiger partial charge in [0.25, 0.3) is 11.4 Å². The second-order valence-electron chi connectivity index (χ2n) is 5.64. The average Bonchev–Trinajstić information content (AvgIpc) is 3.01. The molecular formula is C13H11F3N6O4. The predicted molar refractivity (Wildman–Crippen MR) is 80.5 cm³/mol. The van der Waals surface area contributed by atoms with E-state index in [2.05, 4.69) is 15.4 Å². The van der Waals surface area contributed by atoms with Crippen molar-refractivity contribution in [2.45, 2.75) is 31.6 Å². The number of alkyl halides is 3. The van der Waals surface area contributed by atoms with Crippen LogP contribution in [0.2, 0.25) is 0 Å². The van der Waals surface area contributed by atoms with E-state index in [1.165, 1.54) is 11.0 Å². The Balaban J connectivity index is 2.02. The van der Waals surface area contributed by atoms with Crippen LogP contribution in [0, 0.1) is 20.2 Å². The molecule has 13 heteroatoms. The van der Waals surface area contributed by atoms with Crippen molar-refractivity contribution in [2.75, 3.05) is 5.32 Å². The maximum atomic E-state index is 12.9. The highest BCUT2D eigenvalue weighted by molar-refractivity contribution is 5.75. The van der Waals surface area contributed by atoms with Crippen molar-refractivity contribution < 1.29 is 23.0 Å². The molecule has 1 aliphatic heterocycles. The second-order valence-corrected chi connectivity index (χ2v) is 5.64. The molecule has 1 aromatic heterocycles. The Kier molecular flexibility index (Phi) is 4.21. The first kappa shape index (κ1) is 17.6. The molecule has 0 saturated heterocycles. The van der Waals surface area contributed by atoms with Gasteiger partial charge in [-0.05, 0) is 6.42 Å². The zero-order valence-corrected chi connectivity index (χ0v) is 12.9. The molecule has 10 nitrogen and oxygen atoms in total. The Hall–Kier alpha value is -3.25. The van der Waals surface area contributed by atoms with Crippen molar-refractivity contribution in [2.24, 2.45) is 0 Å². The molecule has 0 aliphatic carbocycles. The van der Waals surface area contributed by atoms with Gasteiger partial charge in [-0.2, -0.15) is 18.3 Å². The first-order valence-corrected chi connectivity index (χ1v) is 7.34. The minimum absolute atomic E-state index is 0.227. The number of benzene rings is 1. The average molecular weight is 372 g/mol. The molecule has 1 N–H and O–H groups in total. The number of hydrogen-bond donors (Lipinski definition) is 1. The van der Waals surface area contributed by atoms with Crippen molar-refractivity contribution >= 4 is 17.1 Å². The van der Waals surface area contributed by atoms with E-state index >= 15 is 0 Å². The van der Waals surface area contributed by atoms with E-state index in [-0.39, 0.29) is 6.54 Å². The summed E-state index contributed by atoms with van der Waals surface area (Å²) < 4.78 is 40.3. The summed E-state index contributed by atoms with van der Waals surface area (Å²) in [5, 5.41) is 29.1. The number of nitro groups is 2. The molecule has 0 saturated carbocycles. The van der Waals surface area contributed by atoms with Gasteiger partial charge in [0.2, 0.25) is 0 Å². The van der Waals surface area contributed by atoms with E-state index in [1.54, 1.807) is 0 Å². The highest BCUT2D eigenvalue weighted by atomic mass is 19.4. The van der Waals surface area contributed by atoms with Gasteiger partial charge in [0.15, 0.2) is 5.69 Å². The molecule has 1 aromatic carbocycles. The van der Waals surface area contributed by atoms with Crippen molar-refractivity contribution in [3.05, 3.63) is 50.1 Å². The predicted octanol–water partition coefficient (Wildman–Crippen LogP) is 2.54. The number of nitrogens with one attached hydrogen (secondary N) is 1. The van der Waals surface area contributed by atoms with E-state index < -0.39 is 44.7 Å². The summed E-state index contributed by atoms with van der Waals surface area (Å²) in [5.41, 5.74) is -4.02. The van der Waals surface area contributed by atoms with Gasteiger partial charge in [0.05, 0.1) is 22.0 Å². The van der Waals surface area contributed by atoms with Gasteiger partial charge in [-0.3, -0.25) is 20.2 Å². The molecule has 0 fully saturated rings. The summed E-state index contributed by atoms with van der Waals surface area (Å²) in [6.45, 7) is 0.227. The van der Waals surface area contributed by atoms with Crippen LogP contribution in [-0.4, -0.2) is 30.7 Å². The molecule has 26 heavy (non-hydrogen) atoms. The van der Waals surface area contributed by atoms with Crippen molar-refractivity contribution in [3.8, 4) is 0 Å². The Morgan fingerprint density at radius 1 is 1.19 bits per heavy atom. The number of aryl methyl sites for hydroxylation is 1. The fraction of sp³-hybridized carbons (Fsp3) is 0.385. The first-order valence-electron chi connectivity index (χ1n) is 7.34. The number of fused-ring (bicyclic) bond motifs is 1. The fourth-order valence-corrected chi connectivity index (χ4v) is 2.77. The molecule has 2 heterocycles. The smallest absolute Gasteiger partial charge is 0.369 e. The van der Waals surface area contributed by atoms with E-state index in [1.807, 2.05) is 0 Å². The quantitative estimate of drug-likeness (QED) is 0.645. The van der Waals surface area contributed by atoms with Gasteiger partial charge in [-0.25, -0.2) is 9.67 Å². The van der Waals surface area contributed by atoms with Gasteiger partial charge < -0.3 is 5.32 Å². The van der Waals surface area contributed by atoms with Gasteiger partial charge in [-0.1, -0.05) is 0 Å². The fourth-order valence-electron chi connectivity index (χ4n) is 2.77. The monoisotopic (exact) mass is 372 g/mol. The largest absolute Gasteiger partial charge is 0.416 e. The van der Waals surface area contributed by atoms with Crippen LogP contribution in [0.4, 0.5) is 30.2 Å². The van der Waals surface area contributed by atoms with Crippen LogP contribution in [0.1, 0.15) is 17.8 Å². The molecule has 0 spiro atoms. The molecule has 138 valence electrons. The molecule has 3 rings (SSSR count). The summed E-state index contributed by atoms with van der Waals surface area (Å²) >= 11 is 0. The lowest BCUT2D eigenvalue weighted by molar-refractivity contribution is -0.392. The molecular weight excluding hydrogens is 361 g/mol. The summed E-state index contributed by atoms with van der Waals surface area (Å²) in [7, 11) is 0. The number of nitro benzene ring substituents is 2. The third kappa shape index (κ3) is 3.27. The highest BCUT2D eigenvalue weighted by Gasteiger charge is 2.38. The van der Waals surface area contributed by atoms with Crippen LogP contribution >= 0.6 is 0 Å². The lowest BCUT2D eigenvalue weighted by atomic mass is 10.1. The number of nitrogens with zero attached hydrogens (tertiary/aromatic N) is 5. The van der Waals surface area contributed by atoms with Gasteiger partial charge in [0, 0.05) is 24.6 Å². The van der Waals surface area contributed by atoms with Crippen LogP contribution in [0.15, 0.2) is 18.5 Å². The Morgan fingerprint density at radius 3 is 2.35 bits per heavy atom. The normalized spacial score (nSPS) is 16.8. The Bertz CT molecular complexity index is 846. The van der Waals surface area contributed by atoms with Crippen LogP contribution < -0.4 is 5.32 Å². The van der Waals surface area contributed by atoms with Crippen LogP contribution in [0.25, 0.3) is 0 Å². The Labute approximate surface area is 142 Å². The number of rotatable bonds is 4. The SMILES string of the molecule is O=[N+]([O-])c1cc(C(F)(F)F)cc([N+](=O)[O-])c1NC1CCc2ncnn2C1. The van der Waals surface area contributed by atoms with Crippen molar-refractivity contribution in [3.63, 3.8) is 0 Å². The zero-order valence-electron chi connectivity index (χ0n) is 12.9. The maximum Gasteiger partial charge on any atom is 0.416 e. The van der Waals surface area contributed by atoms with Crippen molar-refractivity contribution in [1.29, 1.82) is 0 Å². The Morgan fingerprint density at radius 2 is 1.81 bits per heavy atom. The molecule has 0 bridgehead atoms. The number of aromatic nitrogens is 3. The maximum absolute atomic E-state index is 12.9. The third-order valence-electron chi connectivity index (χ3n) is 3.97. The van der Waals surface area contributed by atoms with Crippen molar-refractivity contribution in [1.82, 2.24) is 14.8 Å². The lowest BCUT2D eigenvalue weighted by Gasteiger charge is -2.24. The third-order valence-corrected chi connectivity index (χ3v) is 3.97. The number of anilines is 1. The zero-order chi connectivity index (χ0) is 19.1. The minimum atomic E-state index is -4.95. The van der Waals surface area contributed by atoms with E-state index in [0.717, 1.165) is 0 Å². The van der Waals surface area contributed by atoms with E-state index in [4.69, 9.17) is 0 Å². The summed E-state index contributed by atoms with van der Waals surface area (Å²) in [5.74, 6) is 0.694. The highest BCUT2D eigenvalue weighted by Crippen LogP contribution is 2.41. The van der Waals surface area contributed by atoms with Crippen LogP contribution in [0.5, 0.6) is 0 Å². The molecule has 0 radical (unpaired) electrons. The van der Waals surface area contributed by atoms with Crippen LogP contribution in [-0.2, 0) is 19.1 Å². The van der Waals surface area contributed by atoms with Gasteiger partial charge in [0.1, 0.15) is 12.2 Å². The number of halogens is 3. The lowest BCUT2D eigenvalue weighted by Crippen LogP contribution is -2.32. The minimum Gasteiger partial charge on any atom is -0.369 e. The molecule has 0 amide bonds. The second kappa shape index (κ2) is 6.24. The molecule has 1 atom stereocenters. The molecule has 1 aliphatic rings.